The maximum absolute atomic E-state index is 16.1. The predicted molar refractivity (Wildman–Crippen MR) is 270 cm³/mol. The van der Waals surface area contributed by atoms with Gasteiger partial charge in [0.1, 0.15) is 17.0 Å². The molecule has 0 N–H and O–H groups in total. The van der Waals surface area contributed by atoms with Gasteiger partial charge in [-0.15, -0.1) is 0 Å². The number of benzene rings is 6. The number of aromatic nitrogens is 4. The van der Waals surface area contributed by atoms with Crippen LogP contribution >= 0.6 is 0 Å². The lowest BCUT2D eigenvalue weighted by Gasteiger charge is -2.41. The number of para-hydroxylation sites is 2. The highest BCUT2D eigenvalue weighted by molar-refractivity contribution is 6.28. The van der Waals surface area contributed by atoms with Gasteiger partial charge in [0.15, 0.2) is 0 Å². The number of carbonyl (C=O) groups excluding carboxylic acids is 5. The minimum Gasteiger partial charge on any atom is -0.497 e. The van der Waals surface area contributed by atoms with Crippen LogP contribution in [0.15, 0.2) is 182 Å². The van der Waals surface area contributed by atoms with E-state index in [1.807, 2.05) is 139 Å². The number of fused-ring (bicyclic) bond motifs is 5. The molecule has 0 unspecified atom stereocenters. The maximum atomic E-state index is 16.1. The Morgan fingerprint density at radius 2 is 0.863 bits per heavy atom. The topological polar surface area (TPSA) is 158 Å². The molecule has 4 saturated heterocycles. The summed E-state index contributed by atoms with van der Waals surface area (Å²) in [6, 6.07) is 48.6. The van der Waals surface area contributed by atoms with Gasteiger partial charge in [0.2, 0.25) is 23.6 Å². The Balaban J connectivity index is 1.19. The standard InChI is InChI=1S/C58H47N7O8/c1-4-73-57(70)58-47-45(53(66)63(55(47)68)39-25-29-41(71-2)30-26-39)51(43-33-61(37-21-13-7-14-22-37)59-49(43)35-17-9-5-10-18-35)65(58)52(46-48(58)56(69)64(54(46)67)40-27-31-42(72-3)32-28-40)44-34-62(38-23-15-8-16-24-38)60-50(44)36-19-11-6-12-20-36/h5-34,45-48,51-52H,4H2,1-3H3/t45-,46-,47-,48-,51-,52-/m1/s1. The smallest absolute Gasteiger partial charge is 0.328 e. The Hall–Kier alpha value is -8.95. The third-order valence-electron chi connectivity index (χ3n) is 14.9. The SMILES string of the molecule is CCOC(=O)C12[C@H]3C(=O)N(c4ccc(OC)cc4)C(=O)[C@H]3[C@@H](c3cn(-c4ccccc4)nc3-c3ccccc3)N1[C@H](c1cn(-c3ccccc3)nc1-c1ccccc1)[C@@H]1C(=O)N(c3ccc(OC)cc3)C(=O)[C@@H]12. The van der Waals surface area contributed by atoms with Gasteiger partial charge in [-0.2, -0.15) is 10.2 Å². The molecule has 12 rings (SSSR count). The van der Waals surface area contributed by atoms with Crippen LogP contribution in [0.5, 0.6) is 11.5 Å². The first kappa shape index (κ1) is 45.2. The molecular weight excluding hydrogens is 923 g/mol. The number of ether oxygens (including phenoxy) is 3. The summed E-state index contributed by atoms with van der Waals surface area (Å²) in [6.45, 7) is 1.51. The molecule has 0 saturated carbocycles. The molecule has 6 aromatic carbocycles. The van der Waals surface area contributed by atoms with Gasteiger partial charge in [-0.25, -0.2) is 24.0 Å². The number of methoxy groups -OCH3 is 2. The van der Waals surface area contributed by atoms with Crippen LogP contribution in [0.3, 0.4) is 0 Å². The van der Waals surface area contributed by atoms with Gasteiger partial charge in [0.05, 0.1) is 90.7 Å². The van der Waals surface area contributed by atoms with Crippen molar-refractivity contribution in [3.8, 4) is 45.4 Å². The number of esters is 1. The first-order chi connectivity index (χ1) is 35.7. The first-order valence-corrected chi connectivity index (χ1v) is 24.1. The van der Waals surface area contributed by atoms with Crippen LogP contribution in [0.2, 0.25) is 0 Å². The predicted octanol–water partition coefficient (Wildman–Crippen LogP) is 8.43. The number of nitrogens with zero attached hydrogens (tertiary/aromatic N) is 7. The Kier molecular flexibility index (Phi) is 11.0. The Labute approximate surface area is 419 Å². The van der Waals surface area contributed by atoms with Crippen LogP contribution < -0.4 is 19.3 Å². The third-order valence-corrected chi connectivity index (χ3v) is 14.9. The van der Waals surface area contributed by atoms with Crippen molar-refractivity contribution in [1.82, 2.24) is 24.5 Å². The van der Waals surface area contributed by atoms with Crippen molar-refractivity contribution in [2.24, 2.45) is 23.7 Å². The van der Waals surface area contributed by atoms with Crippen molar-refractivity contribution >= 4 is 41.0 Å². The molecule has 6 atom stereocenters. The zero-order valence-corrected chi connectivity index (χ0v) is 39.9. The molecule has 0 bridgehead atoms. The lowest BCUT2D eigenvalue weighted by atomic mass is 9.69. The maximum Gasteiger partial charge on any atom is 0.328 e. The summed E-state index contributed by atoms with van der Waals surface area (Å²) < 4.78 is 20.5. The highest BCUT2D eigenvalue weighted by atomic mass is 16.5. The van der Waals surface area contributed by atoms with Crippen LogP contribution in [-0.2, 0) is 28.7 Å². The fourth-order valence-corrected chi connectivity index (χ4v) is 12.0. The van der Waals surface area contributed by atoms with Gasteiger partial charge in [-0.1, -0.05) is 97.1 Å². The molecule has 6 heterocycles. The van der Waals surface area contributed by atoms with Crippen molar-refractivity contribution in [3.05, 3.63) is 193 Å². The fourth-order valence-electron chi connectivity index (χ4n) is 12.0. The van der Waals surface area contributed by atoms with Crippen molar-refractivity contribution in [2.45, 2.75) is 24.5 Å². The largest absolute Gasteiger partial charge is 0.497 e. The zero-order chi connectivity index (χ0) is 50.1. The number of carbonyl (C=O) groups is 5. The molecule has 4 fully saturated rings. The second kappa shape index (κ2) is 17.7. The van der Waals surface area contributed by atoms with Gasteiger partial charge in [-0.05, 0) is 79.7 Å². The highest BCUT2D eigenvalue weighted by Crippen LogP contribution is 2.70. The molecule has 0 aliphatic carbocycles. The van der Waals surface area contributed by atoms with Crippen molar-refractivity contribution < 1.29 is 38.2 Å². The molecular formula is C58H47N7O8. The van der Waals surface area contributed by atoms with Crippen molar-refractivity contribution in [1.29, 1.82) is 0 Å². The lowest BCUT2D eigenvalue weighted by Crippen LogP contribution is -2.61. The van der Waals surface area contributed by atoms with E-state index in [9.17, 15) is 0 Å². The fraction of sp³-hybridized carbons (Fsp3) is 0.190. The van der Waals surface area contributed by atoms with E-state index >= 15 is 24.0 Å². The minimum atomic E-state index is -2.28. The van der Waals surface area contributed by atoms with Gasteiger partial charge in [-0.3, -0.25) is 24.1 Å². The van der Waals surface area contributed by atoms with E-state index in [-0.39, 0.29) is 18.0 Å². The summed E-state index contributed by atoms with van der Waals surface area (Å²) in [6.07, 6.45) is 3.66. The van der Waals surface area contributed by atoms with Crippen LogP contribution in [0.25, 0.3) is 33.9 Å². The van der Waals surface area contributed by atoms with Gasteiger partial charge in [0, 0.05) is 34.6 Å². The number of amides is 4. The van der Waals surface area contributed by atoms with Crippen LogP contribution in [-0.4, -0.2) is 80.4 Å². The summed E-state index contributed by atoms with van der Waals surface area (Å²) in [5.74, 6) is -8.35. The summed E-state index contributed by atoms with van der Waals surface area (Å²) in [5.41, 5.74) is 2.90. The average molecular weight is 970 g/mol. The minimum absolute atomic E-state index is 0.143. The third kappa shape index (κ3) is 6.79. The van der Waals surface area contributed by atoms with Crippen LogP contribution in [0.4, 0.5) is 11.4 Å². The van der Waals surface area contributed by atoms with Crippen LogP contribution in [0.1, 0.15) is 30.1 Å². The van der Waals surface area contributed by atoms with Gasteiger partial charge in [0.25, 0.3) is 0 Å². The highest BCUT2D eigenvalue weighted by Gasteiger charge is 2.85. The molecule has 362 valence electrons. The van der Waals surface area contributed by atoms with E-state index in [0.29, 0.717) is 56.5 Å². The summed E-state index contributed by atoms with van der Waals surface area (Å²) in [4.78, 5) is 84.3. The van der Waals surface area contributed by atoms with E-state index in [0.717, 1.165) is 9.80 Å². The zero-order valence-electron chi connectivity index (χ0n) is 39.9. The molecule has 15 heteroatoms. The summed E-state index contributed by atoms with van der Waals surface area (Å²) in [5, 5.41) is 10.4. The molecule has 73 heavy (non-hydrogen) atoms. The second-order valence-corrected chi connectivity index (χ2v) is 18.4. The first-order valence-electron chi connectivity index (χ1n) is 24.1. The Morgan fingerprint density at radius 1 is 0.493 bits per heavy atom. The number of hydrogen-bond acceptors (Lipinski definition) is 11. The van der Waals surface area contributed by atoms with Gasteiger partial charge < -0.3 is 14.2 Å². The lowest BCUT2D eigenvalue weighted by molar-refractivity contribution is -0.165. The Bertz CT molecular complexity index is 3220. The molecule has 8 aromatic rings. The van der Waals surface area contributed by atoms with Gasteiger partial charge >= 0.3 is 5.97 Å². The number of hydrogen-bond donors (Lipinski definition) is 0. The Morgan fingerprint density at radius 3 is 1.22 bits per heavy atom. The number of anilines is 2. The molecule has 0 spiro atoms. The molecule has 0 radical (unpaired) electrons. The molecule has 4 aliphatic heterocycles. The molecule has 4 aliphatic rings. The van der Waals surface area contributed by atoms with Crippen LogP contribution in [0, 0.1) is 23.7 Å². The summed E-state index contributed by atoms with van der Waals surface area (Å²) in [7, 11) is 3.03. The van der Waals surface area contributed by atoms with E-state index in [1.54, 1.807) is 64.8 Å². The number of rotatable bonds is 12. The normalized spacial score (nSPS) is 21.8. The van der Waals surface area contributed by atoms with Crippen molar-refractivity contribution in [2.75, 3.05) is 30.6 Å². The quantitative estimate of drug-likeness (QED) is 0.0855. The second-order valence-electron chi connectivity index (χ2n) is 18.4. The molecule has 15 nitrogen and oxygen atoms in total. The number of imide groups is 2. The van der Waals surface area contributed by atoms with Crippen molar-refractivity contribution in [3.63, 3.8) is 0 Å². The average Bonchev–Trinajstić information content (AvgIpc) is 4.33. The van der Waals surface area contributed by atoms with E-state index < -0.39 is 70.9 Å². The van der Waals surface area contributed by atoms with E-state index in [2.05, 4.69) is 0 Å². The van der Waals surface area contributed by atoms with E-state index in [4.69, 9.17) is 24.4 Å². The summed E-state index contributed by atoms with van der Waals surface area (Å²) >= 11 is 0. The monoisotopic (exact) mass is 969 g/mol. The molecule has 4 amide bonds. The van der Waals surface area contributed by atoms with E-state index in [1.165, 1.54) is 14.2 Å². The molecule has 2 aromatic heterocycles.